The summed E-state index contributed by atoms with van der Waals surface area (Å²) in [7, 11) is 0. The highest BCUT2D eigenvalue weighted by atomic mass is 35.5. The Morgan fingerprint density at radius 1 is 1.29 bits per heavy atom. The molecule has 0 N–H and O–H groups in total. The van der Waals surface area contributed by atoms with Gasteiger partial charge >= 0.3 is 0 Å². The maximum absolute atomic E-state index is 5.78. The Balaban J connectivity index is 2.04. The summed E-state index contributed by atoms with van der Waals surface area (Å²) in [5.41, 5.74) is 0. The van der Waals surface area contributed by atoms with Gasteiger partial charge < -0.3 is 0 Å². The highest BCUT2D eigenvalue weighted by Gasteiger charge is 2.17. The number of nitrogens with zero attached hydrogens (tertiary/aromatic N) is 1. The van der Waals surface area contributed by atoms with Gasteiger partial charge in [0.1, 0.15) is 0 Å². The van der Waals surface area contributed by atoms with E-state index in [0.717, 1.165) is 5.92 Å². The van der Waals surface area contributed by atoms with Gasteiger partial charge in [-0.1, -0.05) is 25.7 Å². The van der Waals surface area contributed by atoms with Crippen LogP contribution >= 0.6 is 22.9 Å². The van der Waals surface area contributed by atoms with Crippen molar-refractivity contribution in [2.45, 2.75) is 50.3 Å². The van der Waals surface area contributed by atoms with Gasteiger partial charge in [-0.3, -0.25) is 0 Å². The number of hydrogen-bond donors (Lipinski definition) is 0. The monoisotopic (exact) mass is 229 g/mol. The molecule has 2 rings (SSSR count). The number of aromatic nitrogens is 1. The summed E-state index contributed by atoms with van der Waals surface area (Å²) >= 11 is 7.59. The Morgan fingerprint density at radius 2 is 2.00 bits per heavy atom. The third-order valence-corrected chi connectivity index (χ3v) is 4.51. The van der Waals surface area contributed by atoms with Crippen LogP contribution < -0.4 is 0 Å². The standard InChI is InChI=1S/C11H16ClNS/c12-7-10-8-13-11(14-10)9-5-3-1-2-4-6-9/h8-9H,1-7H2. The molecule has 0 radical (unpaired) electrons. The predicted octanol–water partition coefficient (Wildman–Crippen LogP) is 4.32. The molecule has 1 nitrogen and oxygen atoms in total. The lowest BCUT2D eigenvalue weighted by Gasteiger charge is -2.09. The van der Waals surface area contributed by atoms with Crippen molar-refractivity contribution in [3.05, 3.63) is 16.1 Å². The minimum atomic E-state index is 0.615. The van der Waals surface area contributed by atoms with Crippen LogP contribution in [0.1, 0.15) is 54.3 Å². The van der Waals surface area contributed by atoms with Crippen LogP contribution in [0, 0.1) is 0 Å². The van der Waals surface area contributed by atoms with Crippen molar-refractivity contribution in [1.82, 2.24) is 4.98 Å². The molecule has 0 aliphatic heterocycles. The predicted molar refractivity (Wildman–Crippen MR) is 62.1 cm³/mol. The van der Waals surface area contributed by atoms with Crippen molar-refractivity contribution in [2.75, 3.05) is 0 Å². The van der Waals surface area contributed by atoms with E-state index < -0.39 is 0 Å². The van der Waals surface area contributed by atoms with Crippen molar-refractivity contribution in [3.8, 4) is 0 Å². The minimum absolute atomic E-state index is 0.615. The molecule has 1 saturated carbocycles. The molecule has 0 bridgehead atoms. The first-order valence-electron chi connectivity index (χ1n) is 5.40. The molecule has 1 aromatic rings. The van der Waals surface area contributed by atoms with E-state index in [1.165, 1.54) is 48.4 Å². The molecule has 0 spiro atoms. The lowest BCUT2D eigenvalue weighted by atomic mass is 10.0. The Kier molecular flexibility index (Phi) is 3.82. The van der Waals surface area contributed by atoms with Gasteiger partial charge in [0.05, 0.1) is 10.9 Å². The van der Waals surface area contributed by atoms with E-state index in [1.807, 2.05) is 6.20 Å². The van der Waals surface area contributed by atoms with E-state index in [0.29, 0.717) is 5.88 Å². The van der Waals surface area contributed by atoms with Crippen molar-refractivity contribution in [2.24, 2.45) is 0 Å². The Hall–Kier alpha value is -0.0800. The van der Waals surface area contributed by atoms with E-state index in [2.05, 4.69) is 4.98 Å². The molecular formula is C11H16ClNS. The maximum atomic E-state index is 5.78. The average molecular weight is 230 g/mol. The largest absolute Gasteiger partial charge is 0.249 e. The third-order valence-electron chi connectivity index (χ3n) is 2.91. The van der Waals surface area contributed by atoms with Crippen LogP contribution in [-0.2, 0) is 5.88 Å². The van der Waals surface area contributed by atoms with Crippen LogP contribution in [-0.4, -0.2) is 4.98 Å². The molecule has 0 aromatic carbocycles. The number of alkyl halides is 1. The fourth-order valence-electron chi connectivity index (χ4n) is 2.10. The average Bonchev–Trinajstić information content (AvgIpc) is 2.53. The van der Waals surface area contributed by atoms with Crippen LogP contribution in [0.5, 0.6) is 0 Å². The molecule has 1 fully saturated rings. The van der Waals surface area contributed by atoms with Crippen LogP contribution in [0.25, 0.3) is 0 Å². The van der Waals surface area contributed by atoms with Crippen LogP contribution in [0.3, 0.4) is 0 Å². The maximum Gasteiger partial charge on any atom is 0.0959 e. The van der Waals surface area contributed by atoms with E-state index in [1.54, 1.807) is 11.3 Å². The van der Waals surface area contributed by atoms with Gasteiger partial charge in [-0.2, -0.15) is 0 Å². The number of hydrogen-bond acceptors (Lipinski definition) is 2. The smallest absolute Gasteiger partial charge is 0.0959 e. The molecule has 0 saturated heterocycles. The van der Waals surface area contributed by atoms with Gasteiger partial charge in [-0.15, -0.1) is 22.9 Å². The normalized spacial score (nSPS) is 19.5. The molecular weight excluding hydrogens is 214 g/mol. The summed E-state index contributed by atoms with van der Waals surface area (Å²) in [6, 6.07) is 0. The molecule has 1 aliphatic carbocycles. The molecule has 3 heteroatoms. The second-order valence-corrected chi connectivity index (χ2v) is 5.40. The molecule has 0 amide bonds. The summed E-state index contributed by atoms with van der Waals surface area (Å²) in [5.74, 6) is 1.34. The zero-order valence-corrected chi connectivity index (χ0v) is 9.91. The minimum Gasteiger partial charge on any atom is -0.249 e. The second kappa shape index (κ2) is 5.13. The first-order chi connectivity index (χ1) is 6.90. The Morgan fingerprint density at radius 3 is 2.57 bits per heavy atom. The zero-order valence-electron chi connectivity index (χ0n) is 8.34. The summed E-state index contributed by atoms with van der Waals surface area (Å²) in [6.45, 7) is 0. The van der Waals surface area contributed by atoms with E-state index >= 15 is 0 Å². The fraction of sp³-hybridized carbons (Fsp3) is 0.727. The number of thiazole rings is 1. The van der Waals surface area contributed by atoms with Crippen LogP contribution in [0.2, 0.25) is 0 Å². The number of halogens is 1. The summed E-state index contributed by atoms with van der Waals surface area (Å²) in [6.07, 6.45) is 10.2. The van der Waals surface area contributed by atoms with Crippen LogP contribution in [0.4, 0.5) is 0 Å². The van der Waals surface area contributed by atoms with Gasteiger partial charge in [0.15, 0.2) is 0 Å². The van der Waals surface area contributed by atoms with Gasteiger partial charge in [-0.25, -0.2) is 4.98 Å². The molecule has 1 heterocycles. The topological polar surface area (TPSA) is 12.9 Å². The summed E-state index contributed by atoms with van der Waals surface area (Å²) in [5, 5.41) is 1.32. The molecule has 0 atom stereocenters. The number of rotatable bonds is 2. The van der Waals surface area contributed by atoms with E-state index in [9.17, 15) is 0 Å². The summed E-state index contributed by atoms with van der Waals surface area (Å²) < 4.78 is 0. The van der Waals surface area contributed by atoms with Gasteiger partial charge in [0.25, 0.3) is 0 Å². The Bertz CT molecular complexity index is 277. The first-order valence-corrected chi connectivity index (χ1v) is 6.76. The van der Waals surface area contributed by atoms with Gasteiger partial charge in [0.2, 0.25) is 0 Å². The van der Waals surface area contributed by atoms with Gasteiger partial charge in [0, 0.05) is 17.0 Å². The lowest BCUT2D eigenvalue weighted by Crippen LogP contribution is -1.95. The van der Waals surface area contributed by atoms with E-state index in [4.69, 9.17) is 11.6 Å². The molecule has 0 unspecified atom stereocenters. The van der Waals surface area contributed by atoms with Crippen LogP contribution in [0.15, 0.2) is 6.20 Å². The second-order valence-electron chi connectivity index (χ2n) is 3.99. The first kappa shape index (κ1) is 10.4. The molecule has 1 aliphatic rings. The quantitative estimate of drug-likeness (QED) is 0.544. The lowest BCUT2D eigenvalue weighted by molar-refractivity contribution is 0.589. The van der Waals surface area contributed by atoms with Crippen molar-refractivity contribution in [1.29, 1.82) is 0 Å². The van der Waals surface area contributed by atoms with Gasteiger partial charge in [-0.05, 0) is 12.8 Å². The molecule has 78 valence electrons. The Labute approximate surface area is 94.5 Å². The fourth-order valence-corrected chi connectivity index (χ4v) is 3.27. The molecule has 1 aromatic heterocycles. The SMILES string of the molecule is ClCc1cnc(C2CCCCCC2)s1. The summed E-state index contributed by atoms with van der Waals surface area (Å²) in [4.78, 5) is 5.70. The van der Waals surface area contributed by atoms with Crippen molar-refractivity contribution >= 4 is 22.9 Å². The van der Waals surface area contributed by atoms with Crippen molar-refractivity contribution < 1.29 is 0 Å². The molecule has 14 heavy (non-hydrogen) atoms. The zero-order chi connectivity index (χ0) is 9.80. The third kappa shape index (κ3) is 2.48. The highest BCUT2D eigenvalue weighted by Crippen LogP contribution is 2.33. The highest BCUT2D eigenvalue weighted by molar-refractivity contribution is 7.11. The van der Waals surface area contributed by atoms with Crippen molar-refractivity contribution in [3.63, 3.8) is 0 Å². The van der Waals surface area contributed by atoms with E-state index in [-0.39, 0.29) is 0 Å².